The molecular formula is C17H30O. The predicted octanol–water partition coefficient (Wildman–Crippen LogP) is 5.62. The first-order valence-corrected chi connectivity index (χ1v) is 7.68. The van der Waals surface area contributed by atoms with Crippen molar-refractivity contribution in [2.24, 2.45) is 5.92 Å². The van der Waals surface area contributed by atoms with E-state index in [2.05, 4.69) is 33.8 Å². The maximum atomic E-state index is 5.79. The summed E-state index contributed by atoms with van der Waals surface area (Å²) in [5, 5.41) is 0. The first-order valence-electron chi connectivity index (χ1n) is 7.68. The molecule has 0 unspecified atom stereocenters. The van der Waals surface area contributed by atoms with Gasteiger partial charge in [-0.25, -0.2) is 0 Å². The van der Waals surface area contributed by atoms with E-state index in [4.69, 9.17) is 4.74 Å². The van der Waals surface area contributed by atoms with Gasteiger partial charge in [0.05, 0.1) is 12.4 Å². The van der Waals surface area contributed by atoms with Gasteiger partial charge in [-0.05, 0) is 52.0 Å². The van der Waals surface area contributed by atoms with Crippen LogP contribution in [0.3, 0.4) is 0 Å². The maximum absolute atomic E-state index is 5.79. The van der Waals surface area contributed by atoms with Gasteiger partial charge < -0.3 is 4.74 Å². The highest BCUT2D eigenvalue weighted by Crippen LogP contribution is 2.34. The van der Waals surface area contributed by atoms with Crippen LogP contribution in [0.5, 0.6) is 0 Å². The second kappa shape index (κ2) is 8.39. The average molecular weight is 250 g/mol. The van der Waals surface area contributed by atoms with Crippen LogP contribution < -0.4 is 0 Å². The van der Waals surface area contributed by atoms with E-state index in [1.807, 2.05) is 0 Å². The summed E-state index contributed by atoms with van der Waals surface area (Å²) in [6.07, 6.45) is 11.3. The second-order valence-corrected chi connectivity index (χ2v) is 5.49. The van der Waals surface area contributed by atoms with Crippen LogP contribution in [0.4, 0.5) is 0 Å². The zero-order valence-electron chi connectivity index (χ0n) is 12.7. The van der Waals surface area contributed by atoms with Gasteiger partial charge in [0.25, 0.3) is 0 Å². The average Bonchev–Trinajstić information content (AvgIpc) is 2.39. The molecule has 1 aliphatic carbocycles. The van der Waals surface area contributed by atoms with E-state index in [0.717, 1.165) is 18.8 Å². The monoisotopic (exact) mass is 250 g/mol. The molecule has 0 aliphatic heterocycles. The molecule has 18 heavy (non-hydrogen) atoms. The molecule has 0 amide bonds. The molecule has 1 fully saturated rings. The van der Waals surface area contributed by atoms with Crippen molar-refractivity contribution in [2.45, 2.75) is 72.6 Å². The molecule has 0 radical (unpaired) electrons. The lowest BCUT2D eigenvalue weighted by Crippen LogP contribution is -2.10. The van der Waals surface area contributed by atoms with Crippen molar-refractivity contribution in [2.75, 3.05) is 6.61 Å². The van der Waals surface area contributed by atoms with Crippen molar-refractivity contribution < 1.29 is 4.74 Å². The quantitative estimate of drug-likeness (QED) is 0.337. The van der Waals surface area contributed by atoms with Gasteiger partial charge in [-0.1, -0.05) is 37.8 Å². The molecule has 1 heteroatoms. The molecule has 1 atom stereocenters. The van der Waals surface area contributed by atoms with Gasteiger partial charge in [0.2, 0.25) is 0 Å². The zero-order valence-corrected chi connectivity index (χ0v) is 12.7. The summed E-state index contributed by atoms with van der Waals surface area (Å²) in [6.45, 7) is 9.76. The van der Waals surface area contributed by atoms with E-state index in [-0.39, 0.29) is 0 Å². The fourth-order valence-electron chi connectivity index (χ4n) is 2.69. The Bertz CT molecular complexity index is 299. The number of allylic oxidation sites excluding steroid dienone is 4. The molecule has 0 aromatic carbocycles. The van der Waals surface area contributed by atoms with E-state index < -0.39 is 0 Å². The third-order valence-corrected chi connectivity index (χ3v) is 4.00. The van der Waals surface area contributed by atoms with Crippen LogP contribution in [0, 0.1) is 5.92 Å². The van der Waals surface area contributed by atoms with Crippen molar-refractivity contribution in [3.05, 3.63) is 23.0 Å². The first kappa shape index (κ1) is 15.3. The van der Waals surface area contributed by atoms with E-state index in [1.165, 1.54) is 38.5 Å². The molecule has 0 spiro atoms. The van der Waals surface area contributed by atoms with Crippen LogP contribution in [-0.4, -0.2) is 6.61 Å². The Morgan fingerprint density at radius 1 is 1.28 bits per heavy atom. The lowest BCUT2D eigenvalue weighted by molar-refractivity contribution is 0.206. The topological polar surface area (TPSA) is 9.23 Å². The molecule has 0 N–H and O–H groups in total. The minimum Gasteiger partial charge on any atom is -0.499 e. The van der Waals surface area contributed by atoms with Crippen molar-refractivity contribution in [3.63, 3.8) is 0 Å². The van der Waals surface area contributed by atoms with E-state index >= 15 is 0 Å². The Kier molecular flexibility index (Phi) is 7.15. The summed E-state index contributed by atoms with van der Waals surface area (Å²) in [4.78, 5) is 0. The lowest BCUT2D eigenvalue weighted by Gasteiger charge is -2.25. The summed E-state index contributed by atoms with van der Waals surface area (Å²) in [6, 6.07) is 0. The molecule has 1 saturated carbocycles. The summed E-state index contributed by atoms with van der Waals surface area (Å²) < 4.78 is 5.79. The Hall–Kier alpha value is -0.720. The highest BCUT2D eigenvalue weighted by atomic mass is 16.5. The van der Waals surface area contributed by atoms with Crippen LogP contribution in [0.2, 0.25) is 0 Å². The van der Waals surface area contributed by atoms with Gasteiger partial charge in [0.15, 0.2) is 0 Å². The fraction of sp³-hybridized carbons (Fsp3) is 0.765. The van der Waals surface area contributed by atoms with E-state index in [1.54, 1.807) is 11.1 Å². The van der Waals surface area contributed by atoms with Crippen LogP contribution in [-0.2, 0) is 4.74 Å². The van der Waals surface area contributed by atoms with E-state index in [9.17, 15) is 0 Å². The van der Waals surface area contributed by atoms with Crippen LogP contribution in [0.25, 0.3) is 0 Å². The lowest BCUT2D eigenvalue weighted by atomic mass is 9.81. The van der Waals surface area contributed by atoms with Crippen molar-refractivity contribution >= 4 is 0 Å². The molecule has 1 nitrogen and oxygen atoms in total. The summed E-state index contributed by atoms with van der Waals surface area (Å²) in [5.74, 6) is 1.76. The summed E-state index contributed by atoms with van der Waals surface area (Å²) >= 11 is 0. The van der Waals surface area contributed by atoms with Gasteiger partial charge in [0.1, 0.15) is 0 Å². The van der Waals surface area contributed by atoms with Gasteiger partial charge in [-0.15, -0.1) is 0 Å². The number of ether oxygens (including phenoxy) is 1. The number of hydrogen-bond donors (Lipinski definition) is 0. The van der Waals surface area contributed by atoms with E-state index in [0.29, 0.717) is 5.92 Å². The number of unbranched alkanes of at least 4 members (excludes halogenated alkanes) is 1. The summed E-state index contributed by atoms with van der Waals surface area (Å²) in [7, 11) is 0. The second-order valence-electron chi connectivity index (χ2n) is 5.49. The normalized spacial score (nSPS) is 24.0. The largest absolute Gasteiger partial charge is 0.499 e. The molecule has 0 aromatic rings. The van der Waals surface area contributed by atoms with Crippen LogP contribution in [0.15, 0.2) is 23.0 Å². The molecule has 104 valence electrons. The van der Waals surface area contributed by atoms with Crippen LogP contribution >= 0.6 is 0 Å². The minimum atomic E-state index is 0.639. The Balaban J connectivity index is 2.64. The fourth-order valence-corrected chi connectivity index (χ4v) is 2.69. The number of hydrogen-bond acceptors (Lipinski definition) is 1. The predicted molar refractivity (Wildman–Crippen MR) is 79.6 cm³/mol. The van der Waals surface area contributed by atoms with Gasteiger partial charge >= 0.3 is 0 Å². The Morgan fingerprint density at radius 3 is 2.72 bits per heavy atom. The first-order chi connectivity index (χ1) is 8.69. The number of rotatable bonds is 6. The van der Waals surface area contributed by atoms with Crippen molar-refractivity contribution in [1.82, 2.24) is 0 Å². The molecule has 0 saturated heterocycles. The zero-order chi connectivity index (χ0) is 13.4. The van der Waals surface area contributed by atoms with Crippen molar-refractivity contribution in [3.8, 4) is 0 Å². The SMILES string of the molecule is CCCCO/C(C)=C/[C@@H]1CCCC/C1=C(/C)CC. The molecule has 0 heterocycles. The maximum Gasteiger partial charge on any atom is 0.0895 e. The molecule has 1 rings (SSSR count). The van der Waals surface area contributed by atoms with Crippen LogP contribution in [0.1, 0.15) is 72.6 Å². The molecule has 0 aromatic heterocycles. The highest BCUT2D eigenvalue weighted by molar-refractivity contribution is 5.22. The smallest absolute Gasteiger partial charge is 0.0895 e. The standard InChI is InChI=1S/C17H30O/c1-5-7-12-18-15(4)13-16-10-8-9-11-17(16)14(3)6-2/h13,16H,5-12H2,1-4H3/b15-13+,17-14+/t16-/m0/s1. The minimum absolute atomic E-state index is 0.639. The third-order valence-electron chi connectivity index (χ3n) is 4.00. The third kappa shape index (κ3) is 4.88. The van der Waals surface area contributed by atoms with Gasteiger partial charge in [-0.3, -0.25) is 0 Å². The highest BCUT2D eigenvalue weighted by Gasteiger charge is 2.18. The Morgan fingerprint density at radius 2 is 2.06 bits per heavy atom. The van der Waals surface area contributed by atoms with Crippen molar-refractivity contribution in [1.29, 1.82) is 0 Å². The molecular weight excluding hydrogens is 220 g/mol. The molecule has 1 aliphatic rings. The van der Waals surface area contributed by atoms with Gasteiger partial charge in [-0.2, -0.15) is 0 Å². The molecule has 0 bridgehead atoms. The Labute approximate surface area is 113 Å². The summed E-state index contributed by atoms with van der Waals surface area (Å²) in [5.41, 5.74) is 3.28. The van der Waals surface area contributed by atoms with Gasteiger partial charge in [0, 0.05) is 5.92 Å².